The molecule has 224 valence electrons. The van der Waals surface area contributed by atoms with Crippen molar-refractivity contribution in [1.82, 2.24) is 24.0 Å². The van der Waals surface area contributed by atoms with E-state index >= 15 is 0 Å². The predicted octanol–water partition coefficient (Wildman–Crippen LogP) is 5.32. The zero-order valence-corrected chi connectivity index (χ0v) is 24.8. The molecule has 2 fully saturated rings. The summed E-state index contributed by atoms with van der Waals surface area (Å²) in [6.07, 6.45) is -1.40. The number of imidazole rings is 1. The third-order valence-corrected chi connectivity index (χ3v) is 8.76. The number of fused-ring (bicyclic) bond motifs is 1. The normalized spacial score (nSPS) is 23.2. The van der Waals surface area contributed by atoms with Crippen LogP contribution in [0.1, 0.15) is 70.0 Å². The average Bonchev–Trinajstić information content (AvgIpc) is 3.54. The molecule has 41 heavy (non-hydrogen) atoms. The summed E-state index contributed by atoms with van der Waals surface area (Å²) in [4.78, 5) is 27.2. The minimum Gasteiger partial charge on any atom is -0.376 e. The fraction of sp³-hybridized carbons (Fsp3) is 0.633. The van der Waals surface area contributed by atoms with E-state index in [0.29, 0.717) is 31.0 Å². The van der Waals surface area contributed by atoms with E-state index < -0.39 is 11.7 Å². The fourth-order valence-corrected chi connectivity index (χ4v) is 6.66. The van der Waals surface area contributed by atoms with Crippen LogP contribution in [0.4, 0.5) is 19.0 Å². The molecule has 4 heterocycles. The zero-order chi connectivity index (χ0) is 29.6. The topological polar surface area (TPSA) is 68.4 Å². The van der Waals surface area contributed by atoms with Gasteiger partial charge in [-0.25, -0.2) is 9.78 Å². The first kappa shape index (κ1) is 29.6. The van der Waals surface area contributed by atoms with Gasteiger partial charge in [-0.05, 0) is 56.7 Å². The van der Waals surface area contributed by atoms with Crippen molar-refractivity contribution >= 4 is 17.0 Å². The standard InChI is InChI=1S/C30H41F3N6O2/c1-7-23-16-37(19(4)15-39(23)26(18(2)3)21-10-12-22(13-11-21)30(31,32)33)27-25-28(36(6)29(40)35-27)38(20(5)34-25)17-24-9-8-14-41-24/h10-13,18-19,23-24,26H,7-9,14-17H2,1-6H3/t19-,23+,24-,26+/m0/s1. The molecular weight excluding hydrogens is 533 g/mol. The number of benzene rings is 1. The number of hydrogen-bond acceptors (Lipinski definition) is 6. The largest absolute Gasteiger partial charge is 0.416 e. The Morgan fingerprint density at radius 3 is 2.41 bits per heavy atom. The molecule has 0 radical (unpaired) electrons. The van der Waals surface area contributed by atoms with Crippen molar-refractivity contribution in [1.29, 1.82) is 0 Å². The van der Waals surface area contributed by atoms with Crippen molar-refractivity contribution in [3.63, 3.8) is 0 Å². The molecule has 2 aromatic heterocycles. The summed E-state index contributed by atoms with van der Waals surface area (Å²) in [6.45, 7) is 13.1. The number of aromatic nitrogens is 4. The van der Waals surface area contributed by atoms with Crippen molar-refractivity contribution in [2.45, 2.75) is 90.8 Å². The number of nitrogens with zero attached hydrogens (tertiary/aromatic N) is 6. The molecule has 0 bridgehead atoms. The summed E-state index contributed by atoms with van der Waals surface area (Å²) in [5.41, 5.74) is 1.38. The second-order valence-electron chi connectivity index (χ2n) is 11.9. The highest BCUT2D eigenvalue weighted by Crippen LogP contribution is 2.38. The van der Waals surface area contributed by atoms with E-state index in [2.05, 4.69) is 47.0 Å². The summed E-state index contributed by atoms with van der Waals surface area (Å²) >= 11 is 0. The van der Waals surface area contributed by atoms with Gasteiger partial charge >= 0.3 is 11.9 Å². The minimum atomic E-state index is -4.36. The molecule has 2 aliphatic rings. The second-order valence-corrected chi connectivity index (χ2v) is 11.9. The first-order chi connectivity index (χ1) is 19.4. The maximum absolute atomic E-state index is 13.2. The van der Waals surface area contributed by atoms with E-state index in [0.717, 1.165) is 42.9 Å². The molecule has 0 spiro atoms. The van der Waals surface area contributed by atoms with Crippen LogP contribution in [0.5, 0.6) is 0 Å². The number of alkyl halides is 3. The van der Waals surface area contributed by atoms with Gasteiger partial charge in [-0.1, -0.05) is 32.9 Å². The van der Waals surface area contributed by atoms with Gasteiger partial charge in [-0.2, -0.15) is 18.2 Å². The summed E-state index contributed by atoms with van der Waals surface area (Å²) < 4.78 is 49.3. The van der Waals surface area contributed by atoms with E-state index in [1.807, 2.05) is 6.92 Å². The van der Waals surface area contributed by atoms with Gasteiger partial charge < -0.3 is 14.2 Å². The SMILES string of the molecule is CC[C@@H]1CN(c2nc(=O)n(C)c3c2nc(C)n3C[C@@H]2CCCO2)[C@@H](C)CN1[C@@H](c1ccc(C(F)(F)F)cc1)C(C)C. The minimum absolute atomic E-state index is 0.0000685. The van der Waals surface area contributed by atoms with Crippen LogP contribution in [0, 0.1) is 12.8 Å². The molecule has 0 unspecified atom stereocenters. The Hall–Kier alpha value is -2.92. The first-order valence-electron chi connectivity index (χ1n) is 14.7. The number of anilines is 1. The summed E-state index contributed by atoms with van der Waals surface area (Å²) in [7, 11) is 1.74. The fourth-order valence-electron chi connectivity index (χ4n) is 6.66. The third-order valence-electron chi connectivity index (χ3n) is 8.76. The highest BCUT2D eigenvalue weighted by Gasteiger charge is 2.39. The Kier molecular flexibility index (Phi) is 8.22. The van der Waals surface area contributed by atoms with Crippen molar-refractivity contribution in [3.05, 3.63) is 51.7 Å². The molecule has 0 saturated carbocycles. The Labute approximate surface area is 239 Å². The van der Waals surface area contributed by atoms with Crippen molar-refractivity contribution < 1.29 is 17.9 Å². The number of ether oxygens (including phenoxy) is 1. The van der Waals surface area contributed by atoms with Crippen molar-refractivity contribution in [3.8, 4) is 0 Å². The van der Waals surface area contributed by atoms with Crippen molar-refractivity contribution in [2.24, 2.45) is 13.0 Å². The Bertz CT molecular complexity index is 1430. The lowest BCUT2D eigenvalue weighted by Gasteiger charge is -2.50. The third kappa shape index (κ3) is 5.62. The molecule has 0 N–H and O–H groups in total. The molecule has 3 aromatic rings. The maximum Gasteiger partial charge on any atom is 0.416 e. The molecule has 4 atom stereocenters. The first-order valence-corrected chi connectivity index (χ1v) is 14.7. The van der Waals surface area contributed by atoms with Crippen LogP contribution >= 0.6 is 0 Å². The van der Waals surface area contributed by atoms with Gasteiger partial charge in [0.05, 0.1) is 18.2 Å². The molecule has 0 amide bonds. The highest BCUT2D eigenvalue weighted by atomic mass is 19.4. The predicted molar refractivity (Wildman–Crippen MR) is 153 cm³/mol. The quantitative estimate of drug-likeness (QED) is 0.381. The molecule has 1 aromatic carbocycles. The van der Waals surface area contributed by atoms with E-state index in [1.165, 1.54) is 12.1 Å². The molecule has 11 heteroatoms. The Morgan fingerprint density at radius 1 is 1.12 bits per heavy atom. The van der Waals surface area contributed by atoms with Crippen LogP contribution in [-0.2, 0) is 24.5 Å². The van der Waals surface area contributed by atoms with E-state index in [1.54, 1.807) is 23.7 Å². The summed E-state index contributed by atoms with van der Waals surface area (Å²) in [5, 5.41) is 0. The lowest BCUT2D eigenvalue weighted by atomic mass is 9.90. The number of hydrogen-bond donors (Lipinski definition) is 0. The van der Waals surface area contributed by atoms with Crippen LogP contribution in [0.2, 0.25) is 0 Å². The van der Waals surface area contributed by atoms with Gasteiger partial charge in [0.2, 0.25) is 0 Å². The van der Waals surface area contributed by atoms with Crippen LogP contribution in [0.15, 0.2) is 29.1 Å². The van der Waals surface area contributed by atoms with E-state index in [4.69, 9.17) is 9.72 Å². The Morgan fingerprint density at radius 2 is 1.83 bits per heavy atom. The van der Waals surface area contributed by atoms with Crippen LogP contribution in [-0.4, -0.2) is 61.9 Å². The molecule has 5 rings (SSSR count). The number of halogens is 3. The van der Waals surface area contributed by atoms with Crippen LogP contribution < -0.4 is 10.6 Å². The zero-order valence-electron chi connectivity index (χ0n) is 24.8. The lowest BCUT2D eigenvalue weighted by Crippen LogP contribution is -2.59. The monoisotopic (exact) mass is 574 g/mol. The smallest absolute Gasteiger partial charge is 0.376 e. The summed E-state index contributed by atoms with van der Waals surface area (Å²) in [6, 6.07) is 5.66. The van der Waals surface area contributed by atoms with Crippen LogP contribution in [0.25, 0.3) is 11.2 Å². The molecule has 2 saturated heterocycles. The number of piperazine rings is 1. The average molecular weight is 575 g/mol. The molecule has 0 aliphatic carbocycles. The van der Waals surface area contributed by atoms with E-state index in [9.17, 15) is 18.0 Å². The van der Waals surface area contributed by atoms with Gasteiger partial charge in [-0.15, -0.1) is 0 Å². The second kappa shape index (κ2) is 11.4. The van der Waals surface area contributed by atoms with Gasteiger partial charge in [0, 0.05) is 44.9 Å². The lowest BCUT2D eigenvalue weighted by molar-refractivity contribution is -0.137. The van der Waals surface area contributed by atoms with Gasteiger partial charge in [0.15, 0.2) is 5.82 Å². The molecular formula is C30H41F3N6O2. The molecule has 8 nitrogen and oxygen atoms in total. The van der Waals surface area contributed by atoms with Crippen LogP contribution in [0.3, 0.4) is 0 Å². The summed E-state index contributed by atoms with van der Waals surface area (Å²) in [5.74, 6) is 1.60. The maximum atomic E-state index is 13.2. The van der Waals surface area contributed by atoms with Gasteiger partial charge in [0.1, 0.15) is 17.0 Å². The highest BCUT2D eigenvalue weighted by molar-refractivity contribution is 5.84. The van der Waals surface area contributed by atoms with Gasteiger partial charge in [-0.3, -0.25) is 9.47 Å². The van der Waals surface area contributed by atoms with Crippen molar-refractivity contribution in [2.75, 3.05) is 24.6 Å². The number of rotatable bonds is 7. The Balaban J connectivity index is 1.49. The molecule has 2 aliphatic heterocycles. The van der Waals surface area contributed by atoms with E-state index in [-0.39, 0.29) is 35.8 Å². The van der Waals surface area contributed by atoms with Gasteiger partial charge in [0.25, 0.3) is 0 Å². The number of aryl methyl sites for hydroxylation is 2.